The predicted molar refractivity (Wildman–Crippen MR) is 177 cm³/mol. The van der Waals surface area contributed by atoms with E-state index in [1.54, 1.807) is 12.1 Å². The van der Waals surface area contributed by atoms with Gasteiger partial charge in [0.2, 0.25) is 0 Å². The maximum absolute atomic E-state index is 11.6. The van der Waals surface area contributed by atoms with E-state index >= 15 is 0 Å². The van der Waals surface area contributed by atoms with Crippen molar-refractivity contribution in [3.63, 3.8) is 0 Å². The number of hydrogen-bond acceptors (Lipinski definition) is 6. The molecule has 0 aliphatic heterocycles. The lowest BCUT2D eigenvalue weighted by Crippen LogP contribution is -2.02. The maximum atomic E-state index is 11.6. The fourth-order valence-corrected chi connectivity index (χ4v) is 5.83. The monoisotopic (exact) mass is 625 g/mol. The Bertz CT molecular complexity index is 707. The van der Waals surface area contributed by atoms with Crippen LogP contribution in [0.1, 0.15) is 179 Å². The number of unbranched alkanes of at least 4 members (excludes halogenated alkanes) is 22. The van der Waals surface area contributed by atoms with Gasteiger partial charge in [-0.05, 0) is 47.2 Å². The van der Waals surface area contributed by atoms with Crippen LogP contribution in [0.2, 0.25) is 0 Å². The normalized spacial score (nSPS) is 12.3. The van der Waals surface area contributed by atoms with Gasteiger partial charge in [-0.25, -0.2) is 19.6 Å². The van der Waals surface area contributed by atoms with Crippen molar-refractivity contribution in [1.82, 2.24) is 0 Å². The summed E-state index contributed by atoms with van der Waals surface area (Å²) in [5.74, 6) is 0. The molecule has 0 aliphatic carbocycles. The topological polar surface area (TPSA) is 77.0 Å². The van der Waals surface area contributed by atoms with Crippen molar-refractivity contribution in [3.8, 4) is 0 Å². The minimum Gasteiger partial charge on any atom is -0.768 e. The van der Waals surface area contributed by atoms with E-state index in [-0.39, 0.29) is 18.1 Å². The summed E-state index contributed by atoms with van der Waals surface area (Å²) in [6, 6.07) is 5.08. The summed E-state index contributed by atoms with van der Waals surface area (Å²) < 4.78 is 23.2. The van der Waals surface area contributed by atoms with Gasteiger partial charge in [0.1, 0.15) is 13.2 Å². The molecule has 7 heteroatoms. The van der Waals surface area contributed by atoms with Gasteiger partial charge < -0.3 is 4.55 Å². The lowest BCUT2D eigenvalue weighted by molar-refractivity contribution is -0.305. The highest BCUT2D eigenvalue weighted by molar-refractivity contribution is 7.79. The van der Waals surface area contributed by atoms with Crippen LogP contribution < -0.4 is 0 Å². The van der Waals surface area contributed by atoms with Crippen LogP contribution in [0.15, 0.2) is 23.1 Å². The van der Waals surface area contributed by atoms with Gasteiger partial charge in [-0.3, -0.25) is 4.21 Å². The number of benzene rings is 1. The molecule has 0 spiro atoms. The molecule has 1 aromatic rings. The van der Waals surface area contributed by atoms with Crippen molar-refractivity contribution < 1.29 is 28.3 Å². The van der Waals surface area contributed by atoms with Crippen LogP contribution in [-0.4, -0.2) is 22.0 Å². The van der Waals surface area contributed by atoms with Crippen LogP contribution in [-0.2, 0) is 43.8 Å². The van der Waals surface area contributed by atoms with Crippen molar-refractivity contribution in [1.29, 1.82) is 0 Å². The van der Waals surface area contributed by atoms with E-state index in [9.17, 15) is 8.76 Å². The molecule has 0 bridgehead atoms. The van der Waals surface area contributed by atoms with Gasteiger partial charge in [0.15, 0.2) is 0 Å². The zero-order valence-electron chi connectivity index (χ0n) is 27.9. The summed E-state index contributed by atoms with van der Waals surface area (Å²) in [7, 11) is 0. The lowest BCUT2D eigenvalue weighted by atomic mass is 10.1. The first-order valence-corrected chi connectivity index (χ1v) is 19.0. The van der Waals surface area contributed by atoms with Crippen LogP contribution in [0.4, 0.5) is 0 Å². The minimum atomic E-state index is -2.33. The van der Waals surface area contributed by atoms with E-state index in [1.807, 2.05) is 6.07 Å². The average Bonchev–Trinajstić information content (AvgIpc) is 3.01. The molecule has 0 fully saturated rings. The lowest BCUT2D eigenvalue weighted by Gasteiger charge is -2.12. The molecule has 0 heterocycles. The second-order valence-corrected chi connectivity index (χ2v) is 13.1. The van der Waals surface area contributed by atoms with Crippen molar-refractivity contribution >= 4 is 11.1 Å². The third kappa shape index (κ3) is 26.1. The molecule has 1 aromatic carbocycles. The van der Waals surface area contributed by atoms with Crippen LogP contribution in [0.5, 0.6) is 0 Å². The van der Waals surface area contributed by atoms with Crippen LogP contribution in [0.25, 0.3) is 0 Å². The maximum Gasteiger partial charge on any atom is 0.107 e. The zero-order valence-corrected chi connectivity index (χ0v) is 28.7. The molecule has 0 radical (unpaired) electrons. The molecule has 0 saturated carbocycles. The van der Waals surface area contributed by atoms with Gasteiger partial charge >= 0.3 is 0 Å². The number of rotatable bonds is 33. The molecular weight excluding hydrogens is 560 g/mol. The van der Waals surface area contributed by atoms with Crippen molar-refractivity contribution in [3.05, 3.63) is 29.3 Å². The summed E-state index contributed by atoms with van der Waals surface area (Å²) in [5.41, 5.74) is 1.46. The van der Waals surface area contributed by atoms with E-state index in [4.69, 9.17) is 19.6 Å². The Morgan fingerprint density at radius 1 is 0.465 bits per heavy atom. The summed E-state index contributed by atoms with van der Waals surface area (Å²) in [4.78, 5) is 21.6. The van der Waals surface area contributed by atoms with Gasteiger partial charge in [0.05, 0.1) is 13.2 Å². The van der Waals surface area contributed by atoms with Gasteiger partial charge in [0.25, 0.3) is 0 Å². The van der Waals surface area contributed by atoms with E-state index in [0.717, 1.165) is 36.8 Å². The summed E-state index contributed by atoms with van der Waals surface area (Å²) in [6.07, 6.45) is 31.2. The number of hydrogen-bond donors (Lipinski definition) is 0. The minimum absolute atomic E-state index is 0.190. The highest BCUT2D eigenvalue weighted by Gasteiger charge is 2.05. The van der Waals surface area contributed by atoms with Gasteiger partial charge in [-0.2, -0.15) is 0 Å². The second kappa shape index (κ2) is 31.2. The van der Waals surface area contributed by atoms with Crippen LogP contribution in [0, 0.1) is 0 Å². The van der Waals surface area contributed by atoms with E-state index in [2.05, 4.69) is 13.8 Å². The molecule has 0 saturated heterocycles. The quantitative estimate of drug-likeness (QED) is 0.0335. The Labute approximate surface area is 267 Å². The zero-order chi connectivity index (χ0) is 31.1. The second-order valence-electron chi connectivity index (χ2n) is 12.2. The first-order valence-electron chi connectivity index (χ1n) is 17.9. The van der Waals surface area contributed by atoms with Crippen molar-refractivity contribution in [2.45, 2.75) is 186 Å². The Kier molecular flexibility index (Phi) is 29.1. The van der Waals surface area contributed by atoms with E-state index in [0.29, 0.717) is 13.2 Å². The Morgan fingerprint density at radius 3 is 1.07 bits per heavy atom. The molecule has 0 aliphatic rings. The first-order chi connectivity index (χ1) is 21.2. The van der Waals surface area contributed by atoms with Gasteiger partial charge in [0, 0.05) is 4.90 Å². The molecule has 252 valence electrons. The largest absolute Gasteiger partial charge is 0.768 e. The fraction of sp³-hybridized carbons (Fsp3) is 0.833. The summed E-state index contributed by atoms with van der Waals surface area (Å²) in [6.45, 7) is 6.01. The first kappa shape index (κ1) is 40.2. The molecular formula is C36H65O6S-. The average molecular weight is 626 g/mol. The van der Waals surface area contributed by atoms with Crippen LogP contribution in [0.3, 0.4) is 0 Å². The molecule has 0 aromatic heterocycles. The Hall–Kier alpha value is -0.830. The smallest absolute Gasteiger partial charge is 0.107 e. The van der Waals surface area contributed by atoms with Gasteiger partial charge in [-0.15, -0.1) is 0 Å². The Morgan fingerprint density at radius 2 is 0.767 bits per heavy atom. The van der Waals surface area contributed by atoms with Crippen molar-refractivity contribution in [2.24, 2.45) is 0 Å². The molecule has 43 heavy (non-hydrogen) atoms. The molecule has 1 unspecified atom stereocenters. The van der Waals surface area contributed by atoms with E-state index in [1.165, 1.54) is 128 Å². The standard InChI is InChI=1S/C36H66O6S/c1-3-5-7-9-11-13-15-17-19-21-23-25-27-39-41-32-34-29-35(31-36(30-34)43(37)38)33-42-40-28-26-24-22-20-18-16-14-12-10-8-6-4-2/h29-31H,3-28,32-33H2,1-2H3,(H,37,38)/p-1. The molecule has 0 amide bonds. The van der Waals surface area contributed by atoms with Crippen LogP contribution >= 0.6 is 0 Å². The third-order valence-corrected chi connectivity index (χ3v) is 8.62. The highest BCUT2D eigenvalue weighted by atomic mass is 32.2. The molecule has 6 nitrogen and oxygen atoms in total. The SMILES string of the molecule is CCCCCCCCCCCCCCOOCc1cc(COOCCCCCCCCCCCCCC)cc(S(=O)[O-])c1. The highest BCUT2D eigenvalue weighted by Crippen LogP contribution is 2.17. The summed E-state index contributed by atoms with van der Waals surface area (Å²) >= 11 is -2.33. The molecule has 1 rings (SSSR count). The fourth-order valence-electron chi connectivity index (χ4n) is 5.33. The van der Waals surface area contributed by atoms with Gasteiger partial charge in [-0.1, -0.05) is 161 Å². The summed E-state index contributed by atoms with van der Waals surface area (Å²) in [5, 5.41) is 0. The third-order valence-electron chi connectivity index (χ3n) is 8.00. The predicted octanol–water partition coefficient (Wildman–Crippen LogP) is 11.2. The van der Waals surface area contributed by atoms with Crippen molar-refractivity contribution in [2.75, 3.05) is 13.2 Å². The van der Waals surface area contributed by atoms with E-state index < -0.39 is 11.1 Å². The Balaban J connectivity index is 2.05. The molecule has 0 N–H and O–H groups in total. The molecule has 1 atom stereocenters.